The molecule has 0 aromatic carbocycles. The Bertz CT molecular complexity index is 957. The lowest BCUT2D eigenvalue weighted by molar-refractivity contribution is -0.151. The smallest absolute Gasteiger partial charge is 0.306 e. The Balaban J connectivity index is 4.67. The van der Waals surface area contributed by atoms with E-state index in [1.54, 1.807) is 0 Å². The average Bonchev–Trinajstić information content (AvgIpc) is 3.18. The van der Waals surface area contributed by atoms with Gasteiger partial charge in [-0.2, -0.15) is 0 Å². The number of aliphatic hydroxyl groups is 2. The van der Waals surface area contributed by atoms with Crippen molar-refractivity contribution in [2.75, 3.05) is 6.61 Å². The lowest BCUT2D eigenvalue weighted by Crippen LogP contribution is -2.46. The van der Waals surface area contributed by atoms with E-state index < -0.39 is 18.2 Å². The highest BCUT2D eigenvalue weighted by molar-refractivity contribution is 5.77. The van der Waals surface area contributed by atoms with Crippen LogP contribution in [0.15, 0.2) is 48.6 Å². The first kappa shape index (κ1) is 52.8. The van der Waals surface area contributed by atoms with E-state index in [1.165, 1.54) is 77.0 Å². The van der Waals surface area contributed by atoms with Gasteiger partial charge in [-0.1, -0.05) is 179 Å². The van der Waals surface area contributed by atoms with Crippen LogP contribution in [0.25, 0.3) is 0 Å². The highest BCUT2D eigenvalue weighted by Crippen LogP contribution is 2.17. The molecule has 0 aliphatic rings. The Labute approximate surface area is 340 Å². The van der Waals surface area contributed by atoms with Gasteiger partial charge >= 0.3 is 5.97 Å². The van der Waals surface area contributed by atoms with E-state index in [2.05, 4.69) is 74.7 Å². The van der Waals surface area contributed by atoms with Gasteiger partial charge in [0.2, 0.25) is 5.91 Å². The van der Waals surface area contributed by atoms with E-state index >= 15 is 0 Å². The normalized spacial score (nSPS) is 13.8. The number of esters is 1. The highest BCUT2D eigenvalue weighted by atomic mass is 16.5. The topological polar surface area (TPSA) is 95.9 Å². The van der Waals surface area contributed by atoms with E-state index in [0.29, 0.717) is 19.3 Å². The second kappa shape index (κ2) is 43.0. The number of allylic oxidation sites excluding steroid dienone is 8. The Morgan fingerprint density at radius 1 is 0.545 bits per heavy atom. The average molecular weight is 772 g/mol. The zero-order valence-corrected chi connectivity index (χ0v) is 36.3. The number of unbranched alkanes of at least 4 members (excludes halogenated alkanes) is 21. The first-order chi connectivity index (χ1) is 27.0. The summed E-state index contributed by atoms with van der Waals surface area (Å²) in [4.78, 5) is 26.0. The molecule has 0 fully saturated rings. The molecule has 320 valence electrons. The molecule has 0 bridgehead atoms. The molecule has 3 atom stereocenters. The maximum absolute atomic E-state index is 13.1. The van der Waals surface area contributed by atoms with E-state index in [9.17, 15) is 19.8 Å². The maximum atomic E-state index is 13.1. The number of carbonyl (C=O) groups is 2. The zero-order valence-electron chi connectivity index (χ0n) is 36.3. The minimum atomic E-state index is -0.794. The molecule has 3 N–H and O–H groups in total. The summed E-state index contributed by atoms with van der Waals surface area (Å²) in [6.45, 7) is 6.32. The van der Waals surface area contributed by atoms with Crippen LogP contribution in [0, 0.1) is 0 Å². The fourth-order valence-corrected chi connectivity index (χ4v) is 6.85. The predicted octanol–water partition coefficient (Wildman–Crippen LogP) is 13.5. The summed E-state index contributed by atoms with van der Waals surface area (Å²) in [6, 6.07) is -0.709. The summed E-state index contributed by atoms with van der Waals surface area (Å²) in [5, 5.41) is 23.6. The molecule has 0 aromatic rings. The molecule has 0 aromatic heterocycles. The standard InChI is InChI=1S/C49H89NO5/c1-4-7-10-13-16-19-21-23-25-26-29-31-34-37-40-45(55-49(54)42-39-36-33-30-27-24-22-20-17-14-11-8-5-2)43-48(53)50-46(44-51)47(52)41-38-35-32-28-18-15-12-9-6-3/h7,10,16,19,23-25,27,45-47,51-52H,4-6,8-9,11-15,17-18,20-22,26,28-44H2,1-3H3,(H,50,53)/b10-7+,19-16+,25-23+,27-24-. The number of ether oxygens (including phenoxy) is 1. The number of carbonyl (C=O) groups excluding carboxylic acids is 2. The third-order valence-corrected chi connectivity index (χ3v) is 10.4. The van der Waals surface area contributed by atoms with Crippen LogP contribution in [0.2, 0.25) is 0 Å². The van der Waals surface area contributed by atoms with E-state index in [-0.39, 0.29) is 24.9 Å². The molecule has 3 unspecified atom stereocenters. The van der Waals surface area contributed by atoms with Crippen LogP contribution in [0.3, 0.4) is 0 Å². The van der Waals surface area contributed by atoms with Gasteiger partial charge in [0.1, 0.15) is 6.10 Å². The molecule has 0 saturated carbocycles. The zero-order chi connectivity index (χ0) is 40.3. The number of amides is 1. The van der Waals surface area contributed by atoms with Crippen molar-refractivity contribution < 1.29 is 24.5 Å². The van der Waals surface area contributed by atoms with Crippen molar-refractivity contribution in [2.45, 2.75) is 244 Å². The number of rotatable bonds is 41. The molecule has 0 radical (unpaired) electrons. The van der Waals surface area contributed by atoms with Crippen molar-refractivity contribution in [3.05, 3.63) is 48.6 Å². The van der Waals surface area contributed by atoms with Crippen LogP contribution in [-0.2, 0) is 14.3 Å². The Hall–Kier alpha value is -2.18. The molecule has 0 heterocycles. The van der Waals surface area contributed by atoms with Crippen molar-refractivity contribution in [1.29, 1.82) is 0 Å². The molecular weight excluding hydrogens is 683 g/mol. The lowest BCUT2D eigenvalue weighted by atomic mass is 10.0. The number of aliphatic hydroxyl groups excluding tert-OH is 2. The van der Waals surface area contributed by atoms with Crippen molar-refractivity contribution >= 4 is 11.9 Å². The van der Waals surface area contributed by atoms with Crippen LogP contribution in [0.4, 0.5) is 0 Å². The second-order valence-corrected chi connectivity index (χ2v) is 15.8. The third-order valence-electron chi connectivity index (χ3n) is 10.4. The summed E-state index contributed by atoms with van der Waals surface area (Å²) in [5.41, 5.74) is 0. The quantitative estimate of drug-likeness (QED) is 0.0327. The van der Waals surface area contributed by atoms with Gasteiger partial charge in [0, 0.05) is 6.42 Å². The maximum Gasteiger partial charge on any atom is 0.306 e. The summed E-state index contributed by atoms with van der Waals surface area (Å²) >= 11 is 0. The molecule has 1 amide bonds. The van der Waals surface area contributed by atoms with Gasteiger partial charge in [-0.05, 0) is 83.5 Å². The van der Waals surface area contributed by atoms with Gasteiger partial charge in [0.25, 0.3) is 0 Å². The highest BCUT2D eigenvalue weighted by Gasteiger charge is 2.24. The Kier molecular flexibility index (Phi) is 41.2. The molecule has 0 saturated heterocycles. The first-order valence-electron chi connectivity index (χ1n) is 23.4. The molecule has 6 heteroatoms. The van der Waals surface area contributed by atoms with Crippen molar-refractivity contribution in [3.8, 4) is 0 Å². The predicted molar refractivity (Wildman–Crippen MR) is 236 cm³/mol. The lowest BCUT2D eigenvalue weighted by Gasteiger charge is -2.24. The van der Waals surface area contributed by atoms with Crippen LogP contribution in [0.1, 0.15) is 226 Å². The minimum absolute atomic E-state index is 0.0564. The van der Waals surface area contributed by atoms with Gasteiger partial charge in [-0.15, -0.1) is 0 Å². The first-order valence-corrected chi connectivity index (χ1v) is 23.4. The van der Waals surface area contributed by atoms with Gasteiger partial charge in [0.05, 0.1) is 25.2 Å². The largest absolute Gasteiger partial charge is 0.462 e. The molecular formula is C49H89NO5. The van der Waals surface area contributed by atoms with Gasteiger partial charge in [-0.25, -0.2) is 0 Å². The second-order valence-electron chi connectivity index (χ2n) is 15.8. The summed E-state index contributed by atoms with van der Waals surface area (Å²) in [7, 11) is 0. The number of hydrogen-bond acceptors (Lipinski definition) is 5. The minimum Gasteiger partial charge on any atom is -0.462 e. The van der Waals surface area contributed by atoms with Crippen LogP contribution >= 0.6 is 0 Å². The van der Waals surface area contributed by atoms with E-state index in [0.717, 1.165) is 103 Å². The molecule has 6 nitrogen and oxygen atoms in total. The third kappa shape index (κ3) is 38.5. The number of nitrogens with one attached hydrogen (secondary N) is 1. The van der Waals surface area contributed by atoms with Crippen molar-refractivity contribution in [3.63, 3.8) is 0 Å². The molecule has 0 rings (SSSR count). The molecule has 55 heavy (non-hydrogen) atoms. The Morgan fingerprint density at radius 3 is 1.51 bits per heavy atom. The molecule has 0 aliphatic heterocycles. The van der Waals surface area contributed by atoms with Crippen LogP contribution in [0.5, 0.6) is 0 Å². The summed E-state index contributed by atoms with van der Waals surface area (Å²) < 4.78 is 5.89. The fourth-order valence-electron chi connectivity index (χ4n) is 6.85. The fraction of sp³-hybridized carbons (Fsp3) is 0.796. The summed E-state index contributed by atoms with van der Waals surface area (Å²) in [5.74, 6) is -0.516. The number of hydrogen-bond donors (Lipinski definition) is 3. The van der Waals surface area contributed by atoms with E-state index in [4.69, 9.17) is 4.74 Å². The molecule has 0 spiro atoms. The van der Waals surface area contributed by atoms with Crippen LogP contribution in [-0.4, -0.2) is 46.9 Å². The van der Waals surface area contributed by atoms with Gasteiger partial charge in [0.15, 0.2) is 0 Å². The monoisotopic (exact) mass is 772 g/mol. The Morgan fingerprint density at radius 2 is 0.982 bits per heavy atom. The van der Waals surface area contributed by atoms with Crippen LogP contribution < -0.4 is 5.32 Å². The van der Waals surface area contributed by atoms with Crippen molar-refractivity contribution in [1.82, 2.24) is 5.32 Å². The van der Waals surface area contributed by atoms with Gasteiger partial charge in [-0.3, -0.25) is 9.59 Å². The van der Waals surface area contributed by atoms with Gasteiger partial charge < -0.3 is 20.3 Å². The van der Waals surface area contributed by atoms with Crippen molar-refractivity contribution in [2.24, 2.45) is 0 Å². The van der Waals surface area contributed by atoms with E-state index in [1.807, 2.05) is 0 Å². The molecule has 0 aliphatic carbocycles. The SMILES string of the molecule is CC/C=C/C/C=C/C/C=C/CCCCCCC(CC(=O)NC(CO)C(O)CCCCCCCCCCC)OC(=O)CCCCC/C=C\CCCCCCCC. The summed E-state index contributed by atoms with van der Waals surface area (Å²) in [6.07, 6.45) is 50.3.